The van der Waals surface area contributed by atoms with E-state index in [0.29, 0.717) is 24.1 Å². The molecule has 1 aliphatic rings. The summed E-state index contributed by atoms with van der Waals surface area (Å²) in [5.74, 6) is -0.506. The topological polar surface area (TPSA) is 78.7 Å². The molecule has 0 atom stereocenters. The third kappa shape index (κ3) is 4.51. The highest BCUT2D eigenvalue weighted by Crippen LogP contribution is 2.23. The predicted octanol–water partition coefficient (Wildman–Crippen LogP) is 3.97. The van der Waals surface area contributed by atoms with E-state index in [2.05, 4.69) is 22.1 Å². The number of carboxylic acid groups (broad SMARTS) is 1. The molecule has 0 radical (unpaired) electrons. The number of piperidine rings is 1. The van der Waals surface area contributed by atoms with Gasteiger partial charge in [-0.2, -0.15) is 5.10 Å². The minimum absolute atomic E-state index is 0.318. The first-order valence-electron chi connectivity index (χ1n) is 10.5. The van der Waals surface area contributed by atoms with Crippen molar-refractivity contribution in [1.82, 2.24) is 19.6 Å². The van der Waals surface area contributed by atoms with Crippen LogP contribution in [0.15, 0.2) is 66.9 Å². The van der Waals surface area contributed by atoms with Crippen LogP contribution in [0.1, 0.15) is 34.5 Å². The van der Waals surface area contributed by atoms with Crippen molar-refractivity contribution in [2.24, 2.45) is 0 Å². The molecule has 0 saturated carbocycles. The zero-order valence-electron chi connectivity index (χ0n) is 17.5. The van der Waals surface area contributed by atoms with E-state index in [4.69, 9.17) is 0 Å². The maximum atomic E-state index is 13.2. The molecule has 0 bridgehead atoms. The van der Waals surface area contributed by atoms with E-state index in [9.17, 15) is 14.7 Å². The molecule has 4 rings (SSSR count). The average molecular weight is 418 g/mol. The molecule has 2 heterocycles. The summed E-state index contributed by atoms with van der Waals surface area (Å²) in [6.07, 6.45) is 1.50. The maximum Gasteiger partial charge on any atom is 0.414 e. The summed E-state index contributed by atoms with van der Waals surface area (Å²) in [6, 6.07) is 19.4. The standard InChI is InChI=1S/C24H26N4O3/c1-18-22(16-25-28(18)21-10-6-3-7-11-21)23(29)27(24(30)31)20-12-14-26(15-13-20)17-19-8-4-2-5-9-19/h2-11,16,20H,12-15,17H2,1H3,(H,30,31). The number of nitrogens with zero attached hydrogens (tertiary/aromatic N) is 4. The fourth-order valence-corrected chi connectivity index (χ4v) is 4.16. The van der Waals surface area contributed by atoms with Crippen molar-refractivity contribution in [2.45, 2.75) is 32.4 Å². The Kier molecular flexibility index (Phi) is 6.13. The SMILES string of the molecule is Cc1c(C(=O)N(C(=O)O)C2CCN(Cc3ccccc3)CC2)cnn1-c1ccccc1. The summed E-state index contributed by atoms with van der Waals surface area (Å²) in [4.78, 5) is 28.5. The van der Waals surface area contributed by atoms with E-state index in [-0.39, 0.29) is 6.04 Å². The summed E-state index contributed by atoms with van der Waals surface area (Å²) in [5.41, 5.74) is 3.01. The van der Waals surface area contributed by atoms with E-state index in [1.54, 1.807) is 11.6 Å². The molecule has 3 aromatic rings. The van der Waals surface area contributed by atoms with Gasteiger partial charge in [-0.1, -0.05) is 48.5 Å². The second-order valence-corrected chi connectivity index (χ2v) is 7.84. The zero-order chi connectivity index (χ0) is 21.8. The molecule has 0 aliphatic carbocycles. The molecule has 1 aromatic heterocycles. The number of hydrogen-bond acceptors (Lipinski definition) is 4. The number of amides is 2. The highest BCUT2D eigenvalue weighted by Gasteiger charge is 2.34. The third-order valence-electron chi connectivity index (χ3n) is 5.84. The molecule has 0 unspecified atom stereocenters. The van der Waals surface area contributed by atoms with Crippen LogP contribution in [0.5, 0.6) is 0 Å². The highest BCUT2D eigenvalue weighted by atomic mass is 16.4. The molecule has 2 amide bonds. The molecule has 7 heteroatoms. The number of para-hydroxylation sites is 1. The van der Waals surface area contributed by atoms with Gasteiger partial charge in [0.15, 0.2) is 0 Å². The summed E-state index contributed by atoms with van der Waals surface area (Å²) in [5, 5.41) is 14.2. The predicted molar refractivity (Wildman–Crippen MR) is 117 cm³/mol. The Balaban J connectivity index is 1.47. The maximum absolute atomic E-state index is 13.2. The first-order chi connectivity index (χ1) is 15.0. The lowest BCUT2D eigenvalue weighted by Gasteiger charge is -2.36. The Bertz CT molecular complexity index is 1040. The van der Waals surface area contributed by atoms with Crippen molar-refractivity contribution in [1.29, 1.82) is 0 Å². The normalized spacial score (nSPS) is 15.0. The Morgan fingerprint density at radius 3 is 2.26 bits per heavy atom. The molecule has 1 fully saturated rings. The molecule has 1 saturated heterocycles. The zero-order valence-corrected chi connectivity index (χ0v) is 17.5. The number of likely N-dealkylation sites (tertiary alicyclic amines) is 1. The molecular weight excluding hydrogens is 392 g/mol. The van der Waals surface area contributed by atoms with Crippen molar-refractivity contribution in [2.75, 3.05) is 13.1 Å². The van der Waals surface area contributed by atoms with Gasteiger partial charge in [-0.05, 0) is 37.5 Å². The fraction of sp³-hybridized carbons (Fsp3) is 0.292. The van der Waals surface area contributed by atoms with Crippen LogP contribution in [0.25, 0.3) is 5.69 Å². The van der Waals surface area contributed by atoms with E-state index in [1.165, 1.54) is 11.8 Å². The number of benzene rings is 2. The van der Waals surface area contributed by atoms with Crippen LogP contribution in [0.2, 0.25) is 0 Å². The molecule has 0 spiro atoms. The Hall–Kier alpha value is -3.45. The van der Waals surface area contributed by atoms with Gasteiger partial charge in [0, 0.05) is 25.7 Å². The molecule has 31 heavy (non-hydrogen) atoms. The van der Waals surface area contributed by atoms with Crippen molar-refractivity contribution < 1.29 is 14.7 Å². The van der Waals surface area contributed by atoms with Crippen LogP contribution >= 0.6 is 0 Å². The van der Waals surface area contributed by atoms with E-state index in [0.717, 1.165) is 30.2 Å². The molecule has 2 aromatic carbocycles. The Morgan fingerprint density at radius 2 is 1.65 bits per heavy atom. The molecular formula is C24H26N4O3. The molecule has 1 N–H and O–H groups in total. The van der Waals surface area contributed by atoms with Crippen LogP contribution in [-0.4, -0.2) is 55.8 Å². The van der Waals surface area contributed by atoms with Gasteiger partial charge in [0.2, 0.25) is 0 Å². The van der Waals surface area contributed by atoms with Crippen LogP contribution < -0.4 is 0 Å². The number of carbonyl (C=O) groups is 2. The second-order valence-electron chi connectivity index (χ2n) is 7.84. The summed E-state index contributed by atoms with van der Waals surface area (Å²) in [7, 11) is 0. The highest BCUT2D eigenvalue weighted by molar-refractivity contribution is 6.03. The van der Waals surface area contributed by atoms with Gasteiger partial charge in [-0.3, -0.25) is 9.69 Å². The first-order valence-corrected chi connectivity index (χ1v) is 10.5. The lowest BCUT2D eigenvalue weighted by Crippen LogP contribution is -2.49. The smallest absolute Gasteiger partial charge is 0.414 e. The van der Waals surface area contributed by atoms with Gasteiger partial charge in [-0.25, -0.2) is 14.4 Å². The van der Waals surface area contributed by atoms with Gasteiger partial charge >= 0.3 is 6.09 Å². The van der Waals surface area contributed by atoms with Gasteiger partial charge in [-0.15, -0.1) is 0 Å². The number of carbonyl (C=O) groups excluding carboxylic acids is 1. The largest absolute Gasteiger partial charge is 0.465 e. The minimum Gasteiger partial charge on any atom is -0.465 e. The van der Waals surface area contributed by atoms with Gasteiger partial charge in [0.05, 0.1) is 23.1 Å². The quantitative estimate of drug-likeness (QED) is 0.678. The van der Waals surface area contributed by atoms with Crippen molar-refractivity contribution in [3.05, 3.63) is 83.7 Å². The monoisotopic (exact) mass is 418 g/mol. The number of rotatable bonds is 5. The minimum atomic E-state index is -1.21. The van der Waals surface area contributed by atoms with Crippen LogP contribution in [0.4, 0.5) is 4.79 Å². The summed E-state index contributed by atoms with van der Waals surface area (Å²) in [6.45, 7) is 4.12. The number of aromatic nitrogens is 2. The van der Waals surface area contributed by atoms with Crippen molar-refractivity contribution >= 4 is 12.0 Å². The first kappa shape index (κ1) is 20.8. The van der Waals surface area contributed by atoms with Crippen molar-refractivity contribution in [3.63, 3.8) is 0 Å². The molecule has 1 aliphatic heterocycles. The Morgan fingerprint density at radius 1 is 1.03 bits per heavy atom. The van der Waals surface area contributed by atoms with E-state index < -0.39 is 12.0 Å². The van der Waals surface area contributed by atoms with Crippen LogP contribution in [0.3, 0.4) is 0 Å². The van der Waals surface area contributed by atoms with Crippen molar-refractivity contribution in [3.8, 4) is 5.69 Å². The molecule has 160 valence electrons. The van der Waals surface area contributed by atoms with Gasteiger partial charge < -0.3 is 5.11 Å². The lowest BCUT2D eigenvalue weighted by molar-refractivity contribution is 0.0562. The summed E-state index contributed by atoms with van der Waals surface area (Å²) < 4.78 is 1.66. The number of imide groups is 1. The fourth-order valence-electron chi connectivity index (χ4n) is 4.16. The second kappa shape index (κ2) is 9.14. The Labute approximate surface area is 181 Å². The average Bonchev–Trinajstić information content (AvgIpc) is 3.17. The summed E-state index contributed by atoms with van der Waals surface area (Å²) >= 11 is 0. The van der Waals surface area contributed by atoms with Gasteiger partial charge in [0.25, 0.3) is 5.91 Å². The third-order valence-corrected chi connectivity index (χ3v) is 5.84. The van der Waals surface area contributed by atoms with E-state index in [1.807, 2.05) is 48.5 Å². The van der Waals surface area contributed by atoms with Gasteiger partial charge in [0.1, 0.15) is 0 Å². The number of hydrogen-bond donors (Lipinski definition) is 1. The van der Waals surface area contributed by atoms with E-state index >= 15 is 0 Å². The molecule has 7 nitrogen and oxygen atoms in total. The van der Waals surface area contributed by atoms with Crippen LogP contribution in [0, 0.1) is 6.92 Å². The van der Waals surface area contributed by atoms with Crippen LogP contribution in [-0.2, 0) is 6.54 Å². The lowest BCUT2D eigenvalue weighted by atomic mass is 10.0.